The van der Waals surface area contributed by atoms with Crippen molar-refractivity contribution in [3.05, 3.63) is 18.3 Å². The number of hydrogen-bond donors (Lipinski definition) is 0. The van der Waals surface area contributed by atoms with Gasteiger partial charge in [-0.2, -0.15) is 0 Å². The largest absolute Gasteiger partial charge is 0.488 e. The molecular formula is C13H18N2O3. The lowest BCUT2D eigenvalue weighted by Crippen LogP contribution is -2.38. The highest BCUT2D eigenvalue weighted by atomic mass is 16.7. The summed E-state index contributed by atoms with van der Waals surface area (Å²) in [6.07, 6.45) is 2.92. The van der Waals surface area contributed by atoms with Gasteiger partial charge in [-0.3, -0.25) is 0 Å². The predicted molar refractivity (Wildman–Crippen MR) is 66.8 cm³/mol. The van der Waals surface area contributed by atoms with Gasteiger partial charge in [0.2, 0.25) is 0 Å². The first-order valence-corrected chi connectivity index (χ1v) is 6.29. The average molecular weight is 250 g/mol. The molecule has 0 spiro atoms. The smallest absolute Gasteiger partial charge is 0.171 e. The Morgan fingerprint density at radius 3 is 3.39 bits per heavy atom. The summed E-state index contributed by atoms with van der Waals surface area (Å²) in [5, 5.41) is 0. The van der Waals surface area contributed by atoms with E-state index < -0.39 is 0 Å². The normalized spacial score (nSPS) is 25.5. The molecule has 1 saturated heterocycles. The minimum atomic E-state index is 0.368. The Balaban J connectivity index is 1.67. The first-order chi connectivity index (χ1) is 8.88. The Hall–Kier alpha value is -1.33. The summed E-state index contributed by atoms with van der Waals surface area (Å²) in [7, 11) is 1.64. The fraction of sp³-hybridized carbons (Fsp3) is 0.615. The summed E-state index contributed by atoms with van der Waals surface area (Å²) in [6.45, 7) is 2.84. The molecule has 98 valence electrons. The van der Waals surface area contributed by atoms with Crippen LogP contribution in [0.5, 0.6) is 5.75 Å². The van der Waals surface area contributed by atoms with E-state index in [1.165, 1.54) is 0 Å². The van der Waals surface area contributed by atoms with Gasteiger partial charge in [-0.25, -0.2) is 4.98 Å². The van der Waals surface area contributed by atoms with E-state index in [0.29, 0.717) is 18.8 Å². The molecule has 1 fully saturated rings. The Morgan fingerprint density at radius 2 is 2.50 bits per heavy atom. The number of hydrogen-bond acceptors (Lipinski definition) is 5. The molecule has 18 heavy (non-hydrogen) atoms. The first-order valence-electron chi connectivity index (χ1n) is 6.29. The van der Waals surface area contributed by atoms with Gasteiger partial charge in [-0.15, -0.1) is 0 Å². The molecule has 2 atom stereocenters. The van der Waals surface area contributed by atoms with Crippen LogP contribution >= 0.6 is 0 Å². The van der Waals surface area contributed by atoms with Gasteiger partial charge in [0.1, 0.15) is 13.4 Å². The van der Waals surface area contributed by atoms with Crippen LogP contribution in [0.4, 0.5) is 5.82 Å². The second-order valence-corrected chi connectivity index (χ2v) is 4.82. The molecule has 0 amide bonds. The zero-order valence-corrected chi connectivity index (χ0v) is 10.5. The van der Waals surface area contributed by atoms with Crippen LogP contribution in [0.15, 0.2) is 18.3 Å². The van der Waals surface area contributed by atoms with Crippen molar-refractivity contribution in [2.75, 3.05) is 38.6 Å². The lowest BCUT2D eigenvalue weighted by Gasteiger charge is -2.31. The molecule has 0 bridgehead atoms. The molecule has 2 aliphatic heterocycles. The molecule has 0 radical (unpaired) electrons. The van der Waals surface area contributed by atoms with Crippen LogP contribution in [-0.4, -0.2) is 44.7 Å². The van der Waals surface area contributed by atoms with Gasteiger partial charge in [-0.1, -0.05) is 0 Å². The van der Waals surface area contributed by atoms with Crippen molar-refractivity contribution < 1.29 is 14.2 Å². The van der Waals surface area contributed by atoms with Crippen LogP contribution in [0, 0.1) is 5.92 Å². The van der Waals surface area contributed by atoms with Gasteiger partial charge < -0.3 is 19.1 Å². The van der Waals surface area contributed by atoms with Crippen molar-refractivity contribution in [3.8, 4) is 5.75 Å². The van der Waals surface area contributed by atoms with E-state index in [1.807, 2.05) is 18.3 Å². The fourth-order valence-electron chi connectivity index (χ4n) is 2.75. The van der Waals surface area contributed by atoms with Crippen LogP contribution in [0.25, 0.3) is 0 Å². The Morgan fingerprint density at radius 1 is 1.56 bits per heavy atom. The van der Waals surface area contributed by atoms with Crippen LogP contribution < -0.4 is 9.64 Å². The summed E-state index contributed by atoms with van der Waals surface area (Å²) in [5.74, 6) is 2.40. The van der Waals surface area contributed by atoms with Crippen molar-refractivity contribution in [2.45, 2.75) is 12.5 Å². The van der Waals surface area contributed by atoms with Gasteiger partial charge in [0, 0.05) is 25.8 Å². The third kappa shape index (κ3) is 2.15. The second kappa shape index (κ2) is 5.12. The van der Waals surface area contributed by atoms with Crippen LogP contribution in [0.1, 0.15) is 6.42 Å². The average Bonchev–Trinajstić information content (AvgIpc) is 2.82. The van der Waals surface area contributed by atoms with Crippen LogP contribution in [0.2, 0.25) is 0 Å². The summed E-state index contributed by atoms with van der Waals surface area (Å²) in [5.41, 5.74) is 0. The Labute approximate surface area is 107 Å². The Kier molecular flexibility index (Phi) is 3.34. The third-order valence-corrected chi connectivity index (χ3v) is 3.51. The number of pyridine rings is 1. The minimum absolute atomic E-state index is 0.368. The summed E-state index contributed by atoms with van der Waals surface area (Å²) < 4.78 is 16.1. The van der Waals surface area contributed by atoms with Crippen molar-refractivity contribution in [2.24, 2.45) is 5.92 Å². The number of rotatable bonds is 4. The molecule has 0 aromatic carbocycles. The van der Waals surface area contributed by atoms with E-state index in [1.54, 1.807) is 7.11 Å². The van der Waals surface area contributed by atoms with Crippen LogP contribution in [0.3, 0.4) is 0 Å². The van der Waals surface area contributed by atoms with Crippen molar-refractivity contribution >= 4 is 5.82 Å². The van der Waals surface area contributed by atoms with Gasteiger partial charge in [-0.05, 0) is 18.6 Å². The fourth-order valence-corrected chi connectivity index (χ4v) is 2.75. The molecular weight excluding hydrogens is 232 g/mol. The number of anilines is 1. The van der Waals surface area contributed by atoms with E-state index in [4.69, 9.17) is 14.2 Å². The zero-order valence-electron chi connectivity index (χ0n) is 10.5. The van der Waals surface area contributed by atoms with Crippen molar-refractivity contribution in [3.63, 3.8) is 0 Å². The predicted octanol–water partition coefficient (Wildman–Crippen LogP) is 1.29. The molecule has 0 saturated carbocycles. The highest BCUT2D eigenvalue weighted by Crippen LogP contribution is 2.37. The number of aromatic nitrogens is 1. The molecule has 2 aliphatic rings. The topological polar surface area (TPSA) is 43.8 Å². The third-order valence-electron chi connectivity index (χ3n) is 3.51. The molecule has 1 aromatic heterocycles. The first kappa shape index (κ1) is 11.7. The molecule has 2 unspecified atom stereocenters. The highest BCUT2D eigenvalue weighted by Gasteiger charge is 2.37. The SMILES string of the molecule is COCOCC1CC2COc3cccnc3N2C1. The number of methoxy groups -OCH3 is 1. The maximum absolute atomic E-state index is 5.74. The van der Waals surface area contributed by atoms with Gasteiger partial charge in [0.25, 0.3) is 0 Å². The minimum Gasteiger partial charge on any atom is -0.488 e. The molecule has 3 heterocycles. The quantitative estimate of drug-likeness (QED) is 0.595. The zero-order chi connectivity index (χ0) is 12.4. The highest BCUT2D eigenvalue weighted by molar-refractivity contribution is 5.55. The van der Waals surface area contributed by atoms with Crippen molar-refractivity contribution in [1.29, 1.82) is 0 Å². The number of ether oxygens (including phenoxy) is 3. The second-order valence-electron chi connectivity index (χ2n) is 4.82. The van der Waals surface area contributed by atoms with E-state index in [9.17, 15) is 0 Å². The van der Waals surface area contributed by atoms with Gasteiger partial charge in [0.05, 0.1) is 12.6 Å². The number of nitrogens with zero attached hydrogens (tertiary/aromatic N) is 2. The standard InChI is InChI=1S/C13H18N2O3/c1-16-9-17-7-10-5-11-8-18-12-3-2-4-14-13(12)15(11)6-10/h2-4,10-11H,5-9H2,1H3. The van der Waals surface area contributed by atoms with Crippen molar-refractivity contribution in [1.82, 2.24) is 4.98 Å². The lowest BCUT2D eigenvalue weighted by molar-refractivity contribution is -0.0414. The van der Waals surface area contributed by atoms with E-state index in [-0.39, 0.29) is 0 Å². The molecule has 5 heteroatoms. The molecule has 0 N–H and O–H groups in total. The maximum atomic E-state index is 5.74. The summed E-state index contributed by atoms with van der Waals surface area (Å²) in [4.78, 5) is 6.78. The molecule has 5 nitrogen and oxygen atoms in total. The summed E-state index contributed by atoms with van der Waals surface area (Å²) >= 11 is 0. The maximum Gasteiger partial charge on any atom is 0.171 e. The lowest BCUT2D eigenvalue weighted by atomic mass is 10.1. The Bertz CT molecular complexity index is 413. The molecule has 0 aliphatic carbocycles. The van der Waals surface area contributed by atoms with E-state index in [0.717, 1.165) is 37.7 Å². The summed E-state index contributed by atoms with van der Waals surface area (Å²) in [6, 6.07) is 4.32. The van der Waals surface area contributed by atoms with Crippen LogP contribution in [-0.2, 0) is 9.47 Å². The van der Waals surface area contributed by atoms with Gasteiger partial charge >= 0.3 is 0 Å². The van der Waals surface area contributed by atoms with Gasteiger partial charge in [0.15, 0.2) is 11.6 Å². The van der Waals surface area contributed by atoms with E-state index >= 15 is 0 Å². The number of fused-ring (bicyclic) bond motifs is 3. The molecule has 1 aromatic rings. The van der Waals surface area contributed by atoms with E-state index in [2.05, 4.69) is 9.88 Å². The molecule has 3 rings (SSSR count). The monoisotopic (exact) mass is 250 g/mol.